The van der Waals surface area contributed by atoms with Gasteiger partial charge in [0.15, 0.2) is 0 Å². The minimum absolute atomic E-state index is 0.144. The molecule has 5 nitrogen and oxygen atoms in total. The molecule has 1 unspecified atom stereocenters. The summed E-state index contributed by atoms with van der Waals surface area (Å²) < 4.78 is 0. The van der Waals surface area contributed by atoms with Crippen LogP contribution in [0, 0.1) is 18.3 Å². The summed E-state index contributed by atoms with van der Waals surface area (Å²) in [6, 6.07) is 23.2. The van der Waals surface area contributed by atoms with Gasteiger partial charge in [-0.3, -0.25) is 14.5 Å². The summed E-state index contributed by atoms with van der Waals surface area (Å²) in [5.41, 5.74) is 2.99. The first-order valence-corrected chi connectivity index (χ1v) is 12.0. The Bertz CT molecular complexity index is 1320. The van der Waals surface area contributed by atoms with Gasteiger partial charge < -0.3 is 5.32 Å². The number of rotatable bonds is 5. The van der Waals surface area contributed by atoms with Gasteiger partial charge in [0.2, 0.25) is 5.91 Å². The third kappa shape index (κ3) is 5.28. The van der Waals surface area contributed by atoms with Crippen LogP contribution in [0.4, 0.5) is 11.4 Å². The zero-order valence-corrected chi connectivity index (χ0v) is 20.4. The van der Waals surface area contributed by atoms with Gasteiger partial charge in [0.1, 0.15) is 16.7 Å². The third-order valence-electron chi connectivity index (χ3n) is 5.20. The predicted octanol–water partition coefficient (Wildman–Crippen LogP) is 6.37. The van der Waals surface area contributed by atoms with E-state index in [-0.39, 0.29) is 11.5 Å². The van der Waals surface area contributed by atoms with Gasteiger partial charge in [-0.15, -0.1) is 0 Å². The van der Waals surface area contributed by atoms with Crippen molar-refractivity contribution in [2.75, 3.05) is 10.2 Å². The van der Waals surface area contributed by atoms with E-state index in [9.17, 15) is 14.9 Å². The minimum atomic E-state index is -0.602. The van der Waals surface area contributed by atoms with Crippen molar-refractivity contribution in [3.63, 3.8) is 0 Å². The smallest absolute Gasteiger partial charge is 0.269 e. The zero-order valence-electron chi connectivity index (χ0n) is 18.1. The summed E-state index contributed by atoms with van der Waals surface area (Å²) >= 11 is 13.2. The Labute approximate surface area is 212 Å². The van der Waals surface area contributed by atoms with Gasteiger partial charge in [-0.25, -0.2) is 0 Å². The highest BCUT2D eigenvalue weighted by Crippen LogP contribution is 2.42. The number of hydrogen-bond donors (Lipinski definition) is 1. The summed E-state index contributed by atoms with van der Waals surface area (Å²) in [6.07, 6.45) is 0.469. The lowest BCUT2D eigenvalue weighted by molar-refractivity contribution is -0.117. The second kappa shape index (κ2) is 10.4. The summed E-state index contributed by atoms with van der Waals surface area (Å²) in [4.78, 5) is 28.0. The highest BCUT2D eigenvalue weighted by molar-refractivity contribution is 8.05. The van der Waals surface area contributed by atoms with Crippen LogP contribution in [0.25, 0.3) is 0 Å². The maximum absolute atomic E-state index is 13.5. The lowest BCUT2D eigenvalue weighted by atomic mass is 10.1. The largest absolute Gasteiger partial charge is 0.321 e. The molecular weight excluding hydrogens is 489 g/mol. The van der Waals surface area contributed by atoms with Crippen molar-refractivity contribution in [1.82, 2.24) is 0 Å². The number of benzene rings is 3. The highest BCUT2D eigenvalue weighted by Gasteiger charge is 2.40. The first-order chi connectivity index (χ1) is 16.4. The van der Waals surface area contributed by atoms with Gasteiger partial charge in [0, 0.05) is 21.4 Å². The molecule has 1 heterocycles. The average molecular weight is 508 g/mol. The first kappa shape index (κ1) is 23.9. The molecule has 1 aliphatic heterocycles. The second-order valence-electron chi connectivity index (χ2n) is 7.70. The fraction of sp³-hybridized carbons (Fsp3) is 0.115. The molecule has 4 rings (SSSR count). The van der Waals surface area contributed by atoms with E-state index in [1.807, 2.05) is 37.3 Å². The van der Waals surface area contributed by atoms with Gasteiger partial charge in [0.05, 0.1) is 5.25 Å². The molecule has 34 heavy (non-hydrogen) atoms. The fourth-order valence-corrected chi connectivity index (χ4v) is 5.15. The maximum atomic E-state index is 13.5. The predicted molar refractivity (Wildman–Crippen MR) is 138 cm³/mol. The zero-order chi connectivity index (χ0) is 24.2. The van der Waals surface area contributed by atoms with E-state index in [1.54, 1.807) is 48.5 Å². The highest BCUT2D eigenvalue weighted by atomic mass is 35.5. The van der Waals surface area contributed by atoms with Crippen LogP contribution in [0.1, 0.15) is 11.1 Å². The normalized spacial score (nSPS) is 16.8. The molecule has 2 amide bonds. The Kier molecular flexibility index (Phi) is 7.28. The fourth-order valence-electron chi connectivity index (χ4n) is 3.59. The van der Waals surface area contributed by atoms with Crippen LogP contribution in [0.15, 0.2) is 83.4 Å². The van der Waals surface area contributed by atoms with Crippen molar-refractivity contribution in [1.29, 1.82) is 5.26 Å². The van der Waals surface area contributed by atoms with Crippen LogP contribution in [0.3, 0.4) is 0 Å². The molecular formula is C26H19Cl2N3O2S. The van der Waals surface area contributed by atoms with Crippen molar-refractivity contribution < 1.29 is 9.59 Å². The van der Waals surface area contributed by atoms with Crippen LogP contribution in [0.5, 0.6) is 0 Å². The van der Waals surface area contributed by atoms with Gasteiger partial charge in [0.25, 0.3) is 5.91 Å². The van der Waals surface area contributed by atoms with E-state index in [4.69, 9.17) is 23.2 Å². The Morgan fingerprint density at radius 3 is 2.32 bits per heavy atom. The first-order valence-electron chi connectivity index (χ1n) is 10.4. The maximum Gasteiger partial charge on any atom is 0.269 e. The number of nitrogens with zero attached hydrogens (tertiary/aromatic N) is 2. The summed E-state index contributed by atoms with van der Waals surface area (Å²) in [7, 11) is 0. The molecule has 3 aromatic rings. The number of hydrogen-bond acceptors (Lipinski definition) is 4. The number of amides is 2. The molecule has 3 aromatic carbocycles. The molecule has 1 aliphatic rings. The van der Waals surface area contributed by atoms with Crippen molar-refractivity contribution in [3.05, 3.63) is 105 Å². The Morgan fingerprint density at radius 1 is 1.06 bits per heavy atom. The summed E-state index contributed by atoms with van der Waals surface area (Å²) in [6.45, 7) is 1.99. The Balaban J connectivity index is 1.72. The molecule has 0 aliphatic carbocycles. The second-order valence-corrected chi connectivity index (χ2v) is 9.77. The van der Waals surface area contributed by atoms with Crippen LogP contribution < -0.4 is 10.2 Å². The van der Waals surface area contributed by atoms with Crippen LogP contribution >= 0.6 is 35.0 Å². The Hall–Kier alpha value is -3.24. The average Bonchev–Trinajstić information content (AvgIpc) is 3.12. The van der Waals surface area contributed by atoms with Crippen LogP contribution in [-0.2, 0) is 16.0 Å². The van der Waals surface area contributed by atoms with Gasteiger partial charge >= 0.3 is 0 Å². The molecule has 170 valence electrons. The van der Waals surface area contributed by atoms with E-state index in [2.05, 4.69) is 5.32 Å². The van der Waals surface area contributed by atoms with Crippen molar-refractivity contribution >= 4 is 58.2 Å². The lowest BCUT2D eigenvalue weighted by Crippen LogP contribution is -2.30. The standard InChI is InChI=1S/C26H19Cl2N3O2S/c1-16-3-2-4-17(13-16)14-23-25(33)31(21-11-7-19(28)8-12-21)26(34-23)22(15-29)24(32)30-20-9-5-18(27)6-10-20/h2-13,23H,14H2,1H3,(H,30,32)/b26-22-. The monoisotopic (exact) mass is 507 g/mol. The topological polar surface area (TPSA) is 73.2 Å². The SMILES string of the molecule is Cc1cccc(CC2S/C(=C(/C#N)C(=O)Nc3ccc(Cl)cc3)N(c3ccc(Cl)cc3)C2=O)c1. The molecule has 1 saturated heterocycles. The molecule has 0 saturated carbocycles. The minimum Gasteiger partial charge on any atom is -0.321 e. The van der Waals surface area contributed by atoms with Crippen molar-refractivity contribution in [2.45, 2.75) is 18.6 Å². The molecule has 8 heteroatoms. The third-order valence-corrected chi connectivity index (χ3v) is 6.96. The van der Waals surface area contributed by atoms with Crippen molar-refractivity contribution in [2.24, 2.45) is 0 Å². The molecule has 1 atom stereocenters. The number of carbonyl (C=O) groups is 2. The number of thioether (sulfide) groups is 1. The number of nitriles is 1. The quantitative estimate of drug-likeness (QED) is 0.321. The Morgan fingerprint density at radius 2 is 1.71 bits per heavy atom. The summed E-state index contributed by atoms with van der Waals surface area (Å²) in [5, 5.41) is 13.5. The molecule has 0 aromatic heterocycles. The number of carbonyl (C=O) groups excluding carboxylic acids is 2. The van der Waals surface area contributed by atoms with E-state index in [0.29, 0.717) is 32.9 Å². The van der Waals surface area contributed by atoms with E-state index in [1.165, 1.54) is 16.7 Å². The lowest BCUT2D eigenvalue weighted by Gasteiger charge is -2.19. The van der Waals surface area contributed by atoms with E-state index in [0.717, 1.165) is 11.1 Å². The molecule has 1 N–H and O–H groups in total. The molecule has 0 spiro atoms. The van der Waals surface area contributed by atoms with Crippen LogP contribution in [-0.4, -0.2) is 17.1 Å². The number of nitrogens with one attached hydrogen (secondary N) is 1. The number of halogens is 2. The number of anilines is 2. The van der Waals surface area contributed by atoms with Gasteiger partial charge in [-0.05, 0) is 67.4 Å². The number of aryl methyl sites for hydroxylation is 1. The van der Waals surface area contributed by atoms with E-state index >= 15 is 0 Å². The van der Waals surface area contributed by atoms with E-state index < -0.39 is 11.2 Å². The molecule has 0 bridgehead atoms. The van der Waals surface area contributed by atoms with Crippen LogP contribution in [0.2, 0.25) is 10.0 Å². The summed E-state index contributed by atoms with van der Waals surface area (Å²) in [5.74, 6) is -0.800. The molecule has 0 radical (unpaired) electrons. The molecule has 1 fully saturated rings. The van der Waals surface area contributed by atoms with Crippen molar-refractivity contribution in [3.8, 4) is 6.07 Å². The van der Waals surface area contributed by atoms with Gasteiger partial charge in [-0.1, -0.05) is 64.8 Å². The van der Waals surface area contributed by atoms with Gasteiger partial charge in [-0.2, -0.15) is 5.26 Å².